The fourth-order valence-corrected chi connectivity index (χ4v) is 3.74. The van der Waals surface area contributed by atoms with Gasteiger partial charge < -0.3 is 15.2 Å². The predicted octanol–water partition coefficient (Wildman–Crippen LogP) is 1.10. The number of rotatable bonds is 7. The van der Waals surface area contributed by atoms with Gasteiger partial charge in [0.25, 0.3) is 5.91 Å². The molecule has 1 aromatic carbocycles. The molecule has 10 heteroatoms. The Labute approximate surface area is 177 Å². The van der Waals surface area contributed by atoms with E-state index in [1.54, 1.807) is 19.1 Å². The van der Waals surface area contributed by atoms with Crippen LogP contribution in [0, 0.1) is 0 Å². The van der Waals surface area contributed by atoms with Crippen LogP contribution >= 0.6 is 0 Å². The van der Waals surface area contributed by atoms with Crippen LogP contribution in [-0.2, 0) is 27.4 Å². The van der Waals surface area contributed by atoms with Crippen molar-refractivity contribution in [1.82, 2.24) is 19.1 Å². The summed E-state index contributed by atoms with van der Waals surface area (Å²) in [6, 6.07) is 9.07. The van der Waals surface area contributed by atoms with Crippen LogP contribution in [0.2, 0.25) is 0 Å². The molecule has 2 N–H and O–H groups in total. The van der Waals surface area contributed by atoms with Gasteiger partial charge in [0.1, 0.15) is 12.1 Å². The molecule has 31 heavy (non-hydrogen) atoms. The van der Waals surface area contributed by atoms with Crippen molar-refractivity contribution in [1.29, 1.82) is 0 Å². The Bertz CT molecular complexity index is 1180. The maximum absolute atomic E-state index is 13.3. The van der Waals surface area contributed by atoms with Crippen LogP contribution < -0.4 is 11.4 Å². The van der Waals surface area contributed by atoms with Gasteiger partial charge in [-0.15, -0.1) is 0 Å². The minimum atomic E-state index is -0.823. The number of primary amides is 1. The van der Waals surface area contributed by atoms with Crippen LogP contribution in [0.4, 0.5) is 0 Å². The summed E-state index contributed by atoms with van der Waals surface area (Å²) in [5.41, 5.74) is 6.00. The van der Waals surface area contributed by atoms with Gasteiger partial charge in [-0.3, -0.25) is 18.7 Å². The minimum Gasteiger partial charge on any atom is -0.465 e. The third-order valence-electron chi connectivity index (χ3n) is 5.12. The first-order valence-corrected chi connectivity index (χ1v) is 10.1. The third kappa shape index (κ3) is 4.06. The van der Waals surface area contributed by atoms with Gasteiger partial charge in [-0.25, -0.2) is 14.8 Å². The number of fused-ring (bicyclic) bond motifs is 1. The lowest BCUT2D eigenvalue weighted by molar-refractivity contribution is -0.143. The molecule has 3 aromatic rings. The summed E-state index contributed by atoms with van der Waals surface area (Å²) in [7, 11) is 0. The fourth-order valence-electron chi connectivity index (χ4n) is 3.74. The summed E-state index contributed by atoms with van der Waals surface area (Å²) in [5.74, 6) is -1.17. The van der Waals surface area contributed by atoms with Gasteiger partial charge in [0.05, 0.1) is 19.3 Å². The molecule has 0 radical (unpaired) electrons. The van der Waals surface area contributed by atoms with Crippen molar-refractivity contribution in [3.8, 4) is 11.4 Å². The lowest BCUT2D eigenvalue weighted by Crippen LogP contribution is -2.31. The van der Waals surface area contributed by atoms with Crippen LogP contribution in [0.1, 0.15) is 30.3 Å². The van der Waals surface area contributed by atoms with E-state index >= 15 is 0 Å². The van der Waals surface area contributed by atoms with Crippen LogP contribution in [0.15, 0.2) is 35.1 Å². The summed E-state index contributed by atoms with van der Waals surface area (Å²) in [6.45, 7) is 2.33. The highest BCUT2D eigenvalue weighted by Gasteiger charge is 2.27. The van der Waals surface area contributed by atoms with Gasteiger partial charge in [0, 0.05) is 12.2 Å². The number of esters is 1. The molecule has 1 aliphatic heterocycles. The van der Waals surface area contributed by atoms with Crippen molar-refractivity contribution in [3.63, 3.8) is 0 Å². The number of nitrogens with two attached hydrogens (primary N) is 1. The second kappa shape index (κ2) is 8.68. The predicted molar refractivity (Wildman–Crippen MR) is 111 cm³/mol. The Morgan fingerprint density at radius 1 is 1.23 bits per heavy atom. The van der Waals surface area contributed by atoms with Crippen molar-refractivity contribution in [2.24, 2.45) is 5.73 Å². The molecule has 1 aliphatic rings. The van der Waals surface area contributed by atoms with Crippen molar-refractivity contribution in [2.45, 2.75) is 39.0 Å². The van der Waals surface area contributed by atoms with E-state index in [0.717, 1.165) is 17.4 Å². The smallest absolute Gasteiger partial charge is 0.331 e. The Kier molecular flexibility index (Phi) is 5.81. The Hall–Kier alpha value is -3.53. The molecule has 162 valence electrons. The molecule has 10 nitrogen and oxygen atoms in total. The quantitative estimate of drug-likeness (QED) is 0.561. The Morgan fingerprint density at radius 2 is 2.00 bits per heavy atom. The van der Waals surface area contributed by atoms with Gasteiger partial charge in [-0.2, -0.15) is 0 Å². The molecule has 3 heterocycles. The molecule has 0 spiro atoms. The van der Waals surface area contributed by atoms with Gasteiger partial charge >= 0.3 is 11.7 Å². The van der Waals surface area contributed by atoms with Crippen molar-refractivity contribution < 1.29 is 19.1 Å². The Morgan fingerprint density at radius 3 is 2.65 bits per heavy atom. The number of imidazole rings is 1. The topological polar surface area (TPSA) is 131 Å². The lowest BCUT2D eigenvalue weighted by atomic mass is 10.2. The van der Waals surface area contributed by atoms with Gasteiger partial charge in [0.15, 0.2) is 17.2 Å². The number of hydrogen-bond acceptors (Lipinski definition) is 7. The first-order valence-electron chi connectivity index (χ1n) is 10.1. The van der Waals surface area contributed by atoms with E-state index in [2.05, 4.69) is 9.97 Å². The number of aromatic nitrogens is 4. The summed E-state index contributed by atoms with van der Waals surface area (Å²) >= 11 is 0. The molecule has 1 fully saturated rings. The number of carbonyl (C=O) groups is 2. The highest BCUT2D eigenvalue weighted by molar-refractivity contribution is 6.02. The number of carbonyl (C=O) groups excluding carboxylic acids is 2. The standard InChI is InChI=1S/C21H23N5O5/c1-2-30-15(27)12-25-17-16(18(22)28)23-19(13-7-4-3-5-8-13)24-20(17)26(21(25)29)11-14-9-6-10-31-14/h3-5,7-8,14H,2,6,9-12H2,1H3,(H2,22,28)/t14-/m0/s1. The minimum absolute atomic E-state index is 0.114. The number of hydrogen-bond donors (Lipinski definition) is 1. The molecule has 0 saturated carbocycles. The van der Waals surface area contributed by atoms with Crippen LogP contribution in [-0.4, -0.2) is 50.3 Å². The molecule has 1 saturated heterocycles. The number of amides is 1. The zero-order valence-electron chi connectivity index (χ0n) is 17.1. The average molecular weight is 425 g/mol. The van der Waals surface area contributed by atoms with E-state index < -0.39 is 17.6 Å². The third-order valence-corrected chi connectivity index (χ3v) is 5.12. The molecular weight excluding hydrogens is 402 g/mol. The molecule has 0 bridgehead atoms. The van der Waals surface area contributed by atoms with E-state index in [-0.39, 0.29) is 48.5 Å². The van der Waals surface area contributed by atoms with E-state index in [1.165, 1.54) is 4.57 Å². The van der Waals surface area contributed by atoms with Crippen molar-refractivity contribution >= 4 is 23.0 Å². The summed E-state index contributed by atoms with van der Waals surface area (Å²) in [4.78, 5) is 46.6. The summed E-state index contributed by atoms with van der Waals surface area (Å²) in [6.07, 6.45) is 1.54. The lowest BCUT2D eigenvalue weighted by Gasteiger charge is -2.10. The van der Waals surface area contributed by atoms with Gasteiger partial charge in [0.2, 0.25) is 0 Å². The molecule has 2 aromatic heterocycles. The van der Waals surface area contributed by atoms with E-state index in [0.29, 0.717) is 12.2 Å². The first kappa shape index (κ1) is 20.7. The number of nitrogens with zero attached hydrogens (tertiary/aromatic N) is 4. The van der Waals surface area contributed by atoms with Crippen LogP contribution in [0.25, 0.3) is 22.6 Å². The summed E-state index contributed by atoms with van der Waals surface area (Å²) in [5, 5.41) is 0. The maximum Gasteiger partial charge on any atom is 0.331 e. The molecular formula is C21H23N5O5. The SMILES string of the molecule is CCOC(=O)Cn1c(=O)n(C[C@@H]2CCCO2)c2nc(-c3ccccc3)nc(C(N)=O)c21. The maximum atomic E-state index is 13.3. The second-order valence-electron chi connectivity index (χ2n) is 7.22. The average Bonchev–Trinajstić information content (AvgIpc) is 3.37. The summed E-state index contributed by atoms with van der Waals surface area (Å²) < 4.78 is 13.3. The monoisotopic (exact) mass is 425 g/mol. The molecule has 0 unspecified atom stereocenters. The second-order valence-corrected chi connectivity index (χ2v) is 7.22. The number of benzene rings is 1. The van der Waals surface area contributed by atoms with Crippen LogP contribution in [0.5, 0.6) is 0 Å². The largest absolute Gasteiger partial charge is 0.465 e. The highest BCUT2D eigenvalue weighted by atomic mass is 16.5. The van der Waals surface area contributed by atoms with Gasteiger partial charge in [-0.1, -0.05) is 30.3 Å². The number of ether oxygens (including phenoxy) is 2. The van der Waals surface area contributed by atoms with E-state index in [4.69, 9.17) is 15.2 Å². The molecule has 1 amide bonds. The molecule has 0 aliphatic carbocycles. The molecule has 4 rings (SSSR count). The first-order chi connectivity index (χ1) is 15.0. The van der Waals surface area contributed by atoms with E-state index in [1.807, 2.05) is 18.2 Å². The van der Waals surface area contributed by atoms with Gasteiger partial charge in [-0.05, 0) is 19.8 Å². The fraction of sp³-hybridized carbons (Fsp3) is 0.381. The van der Waals surface area contributed by atoms with Crippen molar-refractivity contribution in [2.75, 3.05) is 13.2 Å². The van der Waals surface area contributed by atoms with Crippen LogP contribution in [0.3, 0.4) is 0 Å². The zero-order valence-corrected chi connectivity index (χ0v) is 17.1. The zero-order chi connectivity index (χ0) is 22.0. The van der Waals surface area contributed by atoms with E-state index in [9.17, 15) is 14.4 Å². The Balaban J connectivity index is 1.96. The highest BCUT2D eigenvalue weighted by Crippen LogP contribution is 2.23. The van der Waals surface area contributed by atoms with Crippen molar-refractivity contribution in [3.05, 3.63) is 46.5 Å². The molecule has 1 atom stereocenters. The normalized spacial score (nSPS) is 16.0.